The van der Waals surface area contributed by atoms with Crippen molar-refractivity contribution in [2.75, 3.05) is 12.4 Å². The number of methoxy groups -OCH3 is 1. The van der Waals surface area contributed by atoms with Gasteiger partial charge >= 0.3 is 0 Å². The molecule has 0 fully saturated rings. The van der Waals surface area contributed by atoms with Crippen LogP contribution >= 0.6 is 0 Å². The number of nitrogens with one attached hydrogen (secondary N) is 1. The molecule has 176 valence electrons. The number of hydrogen-bond donors (Lipinski definition) is 2. The molecule has 0 saturated carbocycles. The van der Waals surface area contributed by atoms with Crippen molar-refractivity contribution < 1.29 is 9.84 Å². The van der Waals surface area contributed by atoms with Crippen LogP contribution in [0.1, 0.15) is 5.56 Å². The fourth-order valence-corrected chi connectivity index (χ4v) is 4.71. The highest BCUT2D eigenvalue weighted by molar-refractivity contribution is 5.99. The number of pyridine rings is 1. The van der Waals surface area contributed by atoms with Gasteiger partial charge in [0.05, 0.1) is 12.8 Å². The molecule has 0 aliphatic rings. The van der Waals surface area contributed by atoms with E-state index in [0.29, 0.717) is 6.54 Å². The molecule has 5 nitrogen and oxygen atoms in total. The zero-order chi connectivity index (χ0) is 24.5. The maximum absolute atomic E-state index is 11.0. The first-order valence-corrected chi connectivity index (χ1v) is 11.9. The fraction of sp³-hybridized carbons (Fsp3) is 0.0645. The molecule has 0 spiro atoms. The molecule has 2 aromatic heterocycles. The van der Waals surface area contributed by atoms with Crippen molar-refractivity contribution in [1.29, 1.82) is 0 Å². The number of phenolic OH excluding ortho intramolecular Hbond substituents is 1. The number of fused-ring (bicyclic) bond motifs is 2. The maximum atomic E-state index is 11.0. The lowest BCUT2D eigenvalue weighted by Gasteiger charge is -2.15. The Morgan fingerprint density at radius 3 is 2.39 bits per heavy atom. The van der Waals surface area contributed by atoms with Crippen LogP contribution in [0.4, 0.5) is 5.82 Å². The van der Waals surface area contributed by atoms with E-state index < -0.39 is 0 Å². The second kappa shape index (κ2) is 9.12. The van der Waals surface area contributed by atoms with Gasteiger partial charge in [-0.15, -0.1) is 0 Å². The topological polar surface area (TPSA) is 58.8 Å². The molecule has 6 rings (SSSR count). The molecule has 6 aromatic rings. The van der Waals surface area contributed by atoms with E-state index in [1.807, 2.05) is 72.8 Å². The van der Waals surface area contributed by atoms with E-state index >= 15 is 0 Å². The number of hydrogen-bond acceptors (Lipinski definition) is 4. The fourth-order valence-electron chi connectivity index (χ4n) is 4.71. The Kier molecular flexibility index (Phi) is 5.51. The Labute approximate surface area is 209 Å². The Morgan fingerprint density at radius 2 is 1.58 bits per heavy atom. The van der Waals surface area contributed by atoms with E-state index in [0.717, 1.165) is 56.1 Å². The van der Waals surface area contributed by atoms with Crippen LogP contribution < -0.4 is 10.1 Å². The van der Waals surface area contributed by atoms with Crippen LogP contribution in [0.2, 0.25) is 0 Å². The van der Waals surface area contributed by atoms with Gasteiger partial charge in [-0.1, -0.05) is 78.9 Å². The largest absolute Gasteiger partial charge is 0.507 e. The standard InChI is InChI=1S/C31H25N3O2/c1-36-24-17-14-21(15-18-24)20-32-31-30(23-9-3-2-4-10-23)33-28-13-7-12-26(34(28)31)29-25-11-6-5-8-22(25)16-19-27(29)35/h2-19,32,35H,20H2,1H3. The van der Waals surface area contributed by atoms with Crippen molar-refractivity contribution in [2.24, 2.45) is 0 Å². The van der Waals surface area contributed by atoms with E-state index in [1.165, 1.54) is 0 Å². The summed E-state index contributed by atoms with van der Waals surface area (Å²) in [5.74, 6) is 1.93. The summed E-state index contributed by atoms with van der Waals surface area (Å²) < 4.78 is 7.41. The highest BCUT2D eigenvalue weighted by atomic mass is 16.5. The first-order valence-electron chi connectivity index (χ1n) is 11.9. The molecule has 2 N–H and O–H groups in total. The Morgan fingerprint density at radius 1 is 0.806 bits per heavy atom. The monoisotopic (exact) mass is 471 g/mol. The number of benzene rings is 4. The molecule has 2 heterocycles. The van der Waals surface area contributed by atoms with Gasteiger partial charge in [-0.05, 0) is 46.7 Å². The molecule has 36 heavy (non-hydrogen) atoms. The van der Waals surface area contributed by atoms with Crippen LogP contribution in [0.5, 0.6) is 11.5 Å². The SMILES string of the molecule is COc1ccc(CNc2c(-c3ccccc3)nc3cccc(-c4c(O)ccc5ccccc45)n23)cc1. The zero-order valence-electron chi connectivity index (χ0n) is 19.8. The van der Waals surface area contributed by atoms with Gasteiger partial charge in [0.1, 0.15) is 28.7 Å². The van der Waals surface area contributed by atoms with Gasteiger partial charge in [-0.3, -0.25) is 4.40 Å². The predicted molar refractivity (Wildman–Crippen MR) is 146 cm³/mol. The lowest BCUT2D eigenvalue weighted by molar-refractivity contribution is 0.414. The minimum absolute atomic E-state index is 0.234. The smallest absolute Gasteiger partial charge is 0.139 e. The van der Waals surface area contributed by atoms with Crippen molar-refractivity contribution in [1.82, 2.24) is 9.38 Å². The van der Waals surface area contributed by atoms with Crippen molar-refractivity contribution in [2.45, 2.75) is 6.54 Å². The number of ether oxygens (including phenoxy) is 1. The van der Waals surface area contributed by atoms with Crippen LogP contribution in [0.15, 0.2) is 109 Å². The summed E-state index contributed by atoms with van der Waals surface area (Å²) in [7, 11) is 1.67. The third kappa shape index (κ3) is 3.81. The number of nitrogens with zero attached hydrogens (tertiary/aromatic N) is 2. The summed E-state index contributed by atoms with van der Waals surface area (Å²) in [6.45, 7) is 0.605. The van der Waals surface area contributed by atoms with E-state index in [9.17, 15) is 5.11 Å². The Hall–Kier alpha value is -4.77. The molecule has 0 bridgehead atoms. The number of phenols is 1. The number of imidazole rings is 1. The van der Waals surface area contributed by atoms with E-state index in [2.05, 4.69) is 40.0 Å². The number of anilines is 1. The summed E-state index contributed by atoms with van der Waals surface area (Å²) in [6, 6.07) is 36.0. The van der Waals surface area contributed by atoms with E-state index in [4.69, 9.17) is 9.72 Å². The van der Waals surface area contributed by atoms with Gasteiger partial charge in [-0.25, -0.2) is 4.98 Å². The second-order valence-corrected chi connectivity index (χ2v) is 8.66. The van der Waals surface area contributed by atoms with Gasteiger partial charge in [0.25, 0.3) is 0 Å². The molecule has 0 unspecified atom stereocenters. The van der Waals surface area contributed by atoms with Gasteiger partial charge in [0.2, 0.25) is 0 Å². The first kappa shape index (κ1) is 21.7. The zero-order valence-corrected chi connectivity index (χ0v) is 19.8. The lowest BCUT2D eigenvalue weighted by atomic mass is 10.0. The third-order valence-corrected chi connectivity index (χ3v) is 6.47. The molecule has 0 aliphatic carbocycles. The van der Waals surface area contributed by atoms with Gasteiger partial charge in [0, 0.05) is 17.7 Å². The molecular formula is C31H25N3O2. The summed E-state index contributed by atoms with van der Waals surface area (Å²) in [4.78, 5) is 5.02. The second-order valence-electron chi connectivity index (χ2n) is 8.66. The van der Waals surface area contributed by atoms with Crippen molar-refractivity contribution >= 4 is 22.2 Å². The molecule has 0 radical (unpaired) electrons. The minimum atomic E-state index is 0.234. The van der Waals surface area contributed by atoms with Crippen LogP contribution in [-0.2, 0) is 6.54 Å². The van der Waals surface area contributed by atoms with Crippen LogP contribution in [0.3, 0.4) is 0 Å². The summed E-state index contributed by atoms with van der Waals surface area (Å²) in [6.07, 6.45) is 0. The molecule has 0 amide bonds. The van der Waals surface area contributed by atoms with E-state index in [-0.39, 0.29) is 5.75 Å². The first-order chi connectivity index (χ1) is 17.7. The molecule has 0 saturated heterocycles. The molecule has 4 aromatic carbocycles. The van der Waals surface area contributed by atoms with Gasteiger partial charge < -0.3 is 15.2 Å². The molecule has 0 aliphatic heterocycles. The molecular weight excluding hydrogens is 446 g/mol. The van der Waals surface area contributed by atoms with Crippen molar-refractivity contribution in [3.05, 3.63) is 115 Å². The normalized spacial score (nSPS) is 11.1. The number of rotatable bonds is 6. The average molecular weight is 472 g/mol. The average Bonchev–Trinajstić information content (AvgIpc) is 3.31. The van der Waals surface area contributed by atoms with Crippen LogP contribution in [0.25, 0.3) is 38.9 Å². The highest BCUT2D eigenvalue weighted by Crippen LogP contribution is 2.39. The summed E-state index contributed by atoms with van der Waals surface area (Å²) >= 11 is 0. The molecule has 5 heteroatoms. The highest BCUT2D eigenvalue weighted by Gasteiger charge is 2.20. The minimum Gasteiger partial charge on any atom is -0.507 e. The number of aromatic nitrogens is 2. The number of aromatic hydroxyl groups is 1. The van der Waals surface area contributed by atoms with Crippen LogP contribution in [0, 0.1) is 0 Å². The van der Waals surface area contributed by atoms with Crippen LogP contribution in [-0.4, -0.2) is 21.6 Å². The van der Waals surface area contributed by atoms with Crippen molar-refractivity contribution in [3.8, 4) is 34.0 Å². The van der Waals surface area contributed by atoms with Gasteiger partial charge in [0.15, 0.2) is 0 Å². The van der Waals surface area contributed by atoms with E-state index in [1.54, 1.807) is 13.2 Å². The summed E-state index contributed by atoms with van der Waals surface area (Å²) in [5.41, 5.74) is 5.45. The van der Waals surface area contributed by atoms with Gasteiger partial charge in [-0.2, -0.15) is 0 Å². The predicted octanol–water partition coefficient (Wildman–Crippen LogP) is 7.15. The maximum Gasteiger partial charge on any atom is 0.139 e. The summed E-state index contributed by atoms with van der Waals surface area (Å²) in [5, 5.41) is 16.7. The van der Waals surface area contributed by atoms with Crippen molar-refractivity contribution in [3.63, 3.8) is 0 Å². The molecule has 0 atom stereocenters. The Balaban J connectivity index is 1.57. The Bertz CT molecular complexity index is 1670. The quantitative estimate of drug-likeness (QED) is 0.271. The lowest BCUT2D eigenvalue weighted by Crippen LogP contribution is -2.05. The third-order valence-electron chi connectivity index (χ3n) is 6.47.